The van der Waals surface area contributed by atoms with Gasteiger partial charge in [0.15, 0.2) is 6.04 Å². The fraction of sp³-hybridized carbons (Fsp3) is 0.476. The van der Waals surface area contributed by atoms with E-state index in [2.05, 4.69) is 11.9 Å². The van der Waals surface area contributed by atoms with Gasteiger partial charge in [-0.25, -0.2) is 9.59 Å². The first-order valence-corrected chi connectivity index (χ1v) is 10.9. The third-order valence-electron chi connectivity index (χ3n) is 4.95. The molecule has 3 rings (SSSR count). The topological polar surface area (TPSA) is 94.2 Å². The molecule has 0 spiro atoms. The highest BCUT2D eigenvalue weighted by atomic mass is 32.2. The Morgan fingerprint density at radius 3 is 2.67 bits per heavy atom. The smallest absolute Gasteiger partial charge is 0.407 e. The van der Waals surface area contributed by atoms with Crippen LogP contribution >= 0.6 is 11.8 Å². The maximum atomic E-state index is 12.7. The van der Waals surface area contributed by atoms with Crippen LogP contribution in [-0.2, 0) is 25.7 Å². The Morgan fingerprint density at radius 2 is 2.00 bits per heavy atom. The lowest BCUT2D eigenvalue weighted by Gasteiger charge is -2.52. The van der Waals surface area contributed by atoms with Gasteiger partial charge in [0.2, 0.25) is 5.91 Å². The van der Waals surface area contributed by atoms with Crippen molar-refractivity contribution in [3.05, 3.63) is 42.0 Å². The van der Waals surface area contributed by atoms with Crippen molar-refractivity contribution in [2.75, 3.05) is 19.5 Å². The van der Waals surface area contributed by atoms with Gasteiger partial charge < -0.3 is 24.4 Å². The second-order valence-electron chi connectivity index (χ2n) is 7.08. The zero-order valence-electron chi connectivity index (χ0n) is 17.1. The second-order valence-corrected chi connectivity index (χ2v) is 8.18. The highest BCUT2D eigenvalue weighted by molar-refractivity contribution is 8.00. The van der Waals surface area contributed by atoms with Gasteiger partial charge >= 0.3 is 12.1 Å². The molecule has 0 bridgehead atoms. The maximum absolute atomic E-state index is 12.7. The maximum Gasteiger partial charge on any atom is 0.407 e. The molecule has 1 N–H and O–H groups in total. The van der Waals surface area contributed by atoms with Gasteiger partial charge in [-0.2, -0.15) is 0 Å². The number of thioether (sulfide) groups is 1. The van der Waals surface area contributed by atoms with Crippen molar-refractivity contribution in [3.63, 3.8) is 0 Å². The number of alkyl carbamates (subject to hydrolysis) is 1. The number of unbranched alkanes of at least 4 members (excludes halogenated alkanes) is 1. The summed E-state index contributed by atoms with van der Waals surface area (Å²) < 4.78 is 15.6. The third kappa shape index (κ3) is 4.72. The van der Waals surface area contributed by atoms with E-state index >= 15 is 0 Å². The van der Waals surface area contributed by atoms with Gasteiger partial charge in [-0.05, 0) is 29.7 Å². The number of methoxy groups -OCH3 is 1. The molecule has 2 aliphatic rings. The Balaban J connectivity index is 1.57. The number of rotatable bonds is 8. The predicted octanol–water partition coefficient (Wildman–Crippen LogP) is 2.47. The molecule has 30 heavy (non-hydrogen) atoms. The minimum absolute atomic E-state index is 0.0812. The highest BCUT2D eigenvalue weighted by Crippen LogP contribution is 2.40. The van der Waals surface area contributed by atoms with E-state index in [-0.39, 0.29) is 17.9 Å². The predicted molar refractivity (Wildman–Crippen MR) is 112 cm³/mol. The lowest BCUT2D eigenvalue weighted by atomic mass is 9.99. The molecule has 2 aliphatic heterocycles. The number of nitrogens with zero attached hydrogens (tertiary/aromatic N) is 1. The summed E-state index contributed by atoms with van der Waals surface area (Å²) in [5.41, 5.74) is 1.41. The van der Waals surface area contributed by atoms with Gasteiger partial charge in [-0.15, -0.1) is 11.8 Å². The Morgan fingerprint density at radius 1 is 1.27 bits per heavy atom. The molecule has 8 nitrogen and oxygen atoms in total. The number of benzene rings is 1. The van der Waals surface area contributed by atoms with Gasteiger partial charge in [0.05, 0.1) is 13.7 Å². The Hall–Kier alpha value is -2.68. The summed E-state index contributed by atoms with van der Waals surface area (Å²) in [6.45, 7) is 6.32. The van der Waals surface area contributed by atoms with Crippen molar-refractivity contribution in [2.45, 2.75) is 43.8 Å². The molecule has 1 aromatic carbocycles. The normalized spacial score (nSPS) is 22.6. The van der Waals surface area contributed by atoms with Gasteiger partial charge in [-0.1, -0.05) is 32.1 Å². The number of amides is 2. The van der Waals surface area contributed by atoms with Crippen LogP contribution in [0.25, 0.3) is 0 Å². The van der Waals surface area contributed by atoms with Gasteiger partial charge in [0.25, 0.3) is 0 Å². The number of esters is 1. The standard InChI is InChI=1S/C21H26N2O6S/c1-4-5-10-28-21(26)22-16-18(24)23-17(13(2)12-30-19(16)23)20(25)29-11-14-6-8-15(27-3)9-7-14/h6-9,16-17,19H,2,4-5,10-12H2,1,3H3,(H,22,26)/t16-,17?,19+/m1/s1. The highest BCUT2D eigenvalue weighted by Gasteiger charge is 2.56. The first kappa shape index (κ1) is 22.0. The second kappa shape index (κ2) is 9.88. The minimum atomic E-state index is -0.851. The van der Waals surface area contributed by atoms with Crippen molar-refractivity contribution in [3.8, 4) is 5.75 Å². The fourth-order valence-electron chi connectivity index (χ4n) is 3.25. The van der Waals surface area contributed by atoms with Crippen molar-refractivity contribution < 1.29 is 28.6 Å². The summed E-state index contributed by atoms with van der Waals surface area (Å²) in [4.78, 5) is 38.7. The van der Waals surface area contributed by atoms with Crippen LogP contribution in [0.4, 0.5) is 4.79 Å². The quantitative estimate of drug-likeness (QED) is 0.291. The zero-order chi connectivity index (χ0) is 21.7. The Labute approximate surface area is 179 Å². The summed E-state index contributed by atoms with van der Waals surface area (Å²) in [6, 6.07) is 5.61. The molecule has 2 saturated heterocycles. The summed E-state index contributed by atoms with van der Waals surface area (Å²) in [7, 11) is 1.58. The van der Waals surface area contributed by atoms with Crippen molar-refractivity contribution >= 4 is 29.7 Å². The van der Waals surface area contributed by atoms with E-state index in [1.165, 1.54) is 16.7 Å². The van der Waals surface area contributed by atoms with Gasteiger partial charge in [0.1, 0.15) is 23.8 Å². The summed E-state index contributed by atoms with van der Waals surface area (Å²) in [6.07, 6.45) is 1.05. The minimum Gasteiger partial charge on any atom is -0.497 e. The van der Waals surface area contributed by atoms with Crippen LogP contribution < -0.4 is 10.1 Å². The number of fused-ring (bicyclic) bond motifs is 1. The molecule has 0 aliphatic carbocycles. The molecule has 2 amide bonds. The molecule has 1 unspecified atom stereocenters. The van der Waals surface area contributed by atoms with Crippen molar-refractivity contribution in [2.24, 2.45) is 0 Å². The first-order chi connectivity index (χ1) is 14.5. The number of β-lactam (4-membered cyclic amide) rings is 1. The van der Waals surface area contributed by atoms with Crippen LogP contribution in [0.2, 0.25) is 0 Å². The Kier molecular flexibility index (Phi) is 7.25. The molecule has 3 atom stereocenters. The van der Waals surface area contributed by atoms with Crippen LogP contribution in [0.5, 0.6) is 5.75 Å². The summed E-state index contributed by atoms with van der Waals surface area (Å²) in [5, 5.41) is 2.25. The average molecular weight is 435 g/mol. The van der Waals surface area contributed by atoms with Crippen LogP contribution in [0.15, 0.2) is 36.4 Å². The molecule has 2 heterocycles. The monoisotopic (exact) mass is 434 g/mol. The molecule has 0 radical (unpaired) electrons. The first-order valence-electron chi connectivity index (χ1n) is 9.80. The van der Waals surface area contributed by atoms with E-state index in [1.54, 1.807) is 31.4 Å². The van der Waals surface area contributed by atoms with Crippen LogP contribution in [0.1, 0.15) is 25.3 Å². The average Bonchev–Trinajstić information content (AvgIpc) is 2.76. The number of hydrogen-bond donors (Lipinski definition) is 1. The lowest BCUT2D eigenvalue weighted by Crippen LogP contribution is -2.74. The summed E-state index contributed by atoms with van der Waals surface area (Å²) in [5.74, 6) is 0.342. The zero-order valence-corrected chi connectivity index (χ0v) is 17.9. The number of ether oxygens (including phenoxy) is 3. The molecule has 9 heteroatoms. The molecule has 1 aromatic rings. The van der Waals surface area contributed by atoms with Crippen LogP contribution in [0.3, 0.4) is 0 Å². The van der Waals surface area contributed by atoms with E-state index in [0.29, 0.717) is 23.7 Å². The number of carbonyl (C=O) groups is 3. The van der Waals surface area contributed by atoms with Crippen molar-refractivity contribution in [1.82, 2.24) is 10.2 Å². The molecular weight excluding hydrogens is 408 g/mol. The Bertz CT molecular complexity index is 812. The SMILES string of the molecule is C=C1CS[C@H]2[C@H](NC(=O)OCCCC)C(=O)N2C1C(=O)OCc1ccc(OC)cc1. The molecule has 2 fully saturated rings. The van der Waals surface area contributed by atoms with E-state index in [9.17, 15) is 14.4 Å². The van der Waals surface area contributed by atoms with Crippen molar-refractivity contribution in [1.29, 1.82) is 0 Å². The van der Waals surface area contributed by atoms with E-state index in [0.717, 1.165) is 18.4 Å². The van der Waals surface area contributed by atoms with Gasteiger partial charge in [-0.3, -0.25) is 4.79 Å². The number of nitrogens with one attached hydrogen (secondary N) is 1. The fourth-order valence-corrected chi connectivity index (χ4v) is 4.56. The van der Waals surface area contributed by atoms with E-state index in [4.69, 9.17) is 14.2 Å². The number of hydrogen-bond acceptors (Lipinski definition) is 7. The van der Waals surface area contributed by atoms with Crippen LogP contribution in [0, 0.1) is 0 Å². The molecule has 0 saturated carbocycles. The van der Waals surface area contributed by atoms with Crippen LogP contribution in [-0.4, -0.2) is 59.8 Å². The molecule has 0 aromatic heterocycles. The van der Waals surface area contributed by atoms with E-state index in [1.807, 2.05) is 6.92 Å². The van der Waals surface area contributed by atoms with Gasteiger partial charge in [0, 0.05) is 5.75 Å². The third-order valence-corrected chi connectivity index (χ3v) is 6.33. The largest absolute Gasteiger partial charge is 0.497 e. The number of carbonyl (C=O) groups excluding carboxylic acids is 3. The van der Waals surface area contributed by atoms with E-state index < -0.39 is 24.1 Å². The summed E-state index contributed by atoms with van der Waals surface area (Å²) >= 11 is 1.46. The molecule has 162 valence electrons. The molecular formula is C21H26N2O6S. The lowest BCUT2D eigenvalue weighted by molar-refractivity contribution is -0.163.